The number of allylic oxidation sites excluding steroid dienone is 1. The number of nitrogens with zero attached hydrogens (tertiary/aromatic N) is 1. The zero-order valence-corrected chi connectivity index (χ0v) is 23.5. The molecule has 208 valence electrons. The molecule has 2 bridgehead atoms. The Morgan fingerprint density at radius 2 is 2.00 bits per heavy atom. The number of hydrogen-bond donors (Lipinski definition) is 2. The topological polar surface area (TPSA) is 95.9 Å². The summed E-state index contributed by atoms with van der Waals surface area (Å²) in [7, 11) is -3.80. The summed E-state index contributed by atoms with van der Waals surface area (Å²) in [5.41, 5.74) is 3.35. The highest BCUT2D eigenvalue weighted by Crippen LogP contribution is 2.46. The summed E-state index contributed by atoms with van der Waals surface area (Å²) in [6.07, 6.45) is 8.95. The summed E-state index contributed by atoms with van der Waals surface area (Å²) < 4.78 is 33.9. The van der Waals surface area contributed by atoms with Crippen LogP contribution in [0.1, 0.15) is 60.0 Å². The maximum absolute atomic E-state index is 13.0. The van der Waals surface area contributed by atoms with Crippen LogP contribution in [0.2, 0.25) is 5.02 Å². The predicted molar refractivity (Wildman–Crippen MR) is 152 cm³/mol. The number of anilines is 1. The number of benzene rings is 2. The quantitative estimate of drug-likeness (QED) is 0.449. The van der Waals surface area contributed by atoms with Gasteiger partial charge in [0.05, 0.1) is 24.2 Å². The number of aryl methyl sites for hydroxylation is 1. The van der Waals surface area contributed by atoms with Crippen molar-refractivity contribution in [2.24, 2.45) is 11.8 Å². The summed E-state index contributed by atoms with van der Waals surface area (Å²) in [6, 6.07) is 11.3. The van der Waals surface area contributed by atoms with Crippen LogP contribution in [0.5, 0.6) is 5.75 Å². The second-order valence-electron chi connectivity index (χ2n) is 11.6. The molecule has 1 amide bonds. The van der Waals surface area contributed by atoms with Crippen LogP contribution in [0.3, 0.4) is 0 Å². The summed E-state index contributed by atoms with van der Waals surface area (Å²) in [5.74, 6) is 0.355. The van der Waals surface area contributed by atoms with Crippen molar-refractivity contribution in [1.82, 2.24) is 4.72 Å². The number of aliphatic hydroxyl groups excluding tert-OH is 1. The minimum absolute atomic E-state index is 0.179. The highest BCUT2D eigenvalue weighted by Gasteiger charge is 2.44. The third-order valence-electron chi connectivity index (χ3n) is 9.07. The molecule has 6 rings (SSSR count). The van der Waals surface area contributed by atoms with Crippen molar-refractivity contribution in [3.8, 4) is 5.75 Å². The fraction of sp³-hybridized carbons (Fsp3) is 0.500. The van der Waals surface area contributed by atoms with Crippen LogP contribution in [-0.2, 0) is 21.9 Å². The summed E-state index contributed by atoms with van der Waals surface area (Å²) >= 11 is 6.36. The van der Waals surface area contributed by atoms with E-state index in [0.29, 0.717) is 31.2 Å². The molecule has 4 atom stereocenters. The number of hydrogen-bond acceptors (Lipinski definition) is 6. The number of ether oxygens (including phenoxy) is 1. The molecule has 2 aromatic carbocycles. The van der Waals surface area contributed by atoms with Gasteiger partial charge in [-0.15, -0.1) is 0 Å². The number of fused-ring (bicyclic) bond motifs is 4. The fourth-order valence-corrected chi connectivity index (χ4v) is 8.01. The molecule has 2 aliphatic heterocycles. The molecule has 0 radical (unpaired) electrons. The number of halogens is 1. The van der Waals surface area contributed by atoms with E-state index in [1.807, 2.05) is 12.1 Å². The van der Waals surface area contributed by atoms with Crippen molar-refractivity contribution in [3.05, 3.63) is 70.3 Å². The molecule has 2 N–H and O–H groups in total. The van der Waals surface area contributed by atoms with Gasteiger partial charge in [0, 0.05) is 29.1 Å². The molecule has 39 heavy (non-hydrogen) atoms. The molecular formula is C30H35ClN2O5S. The van der Waals surface area contributed by atoms with E-state index >= 15 is 0 Å². The first-order chi connectivity index (χ1) is 18.7. The molecule has 9 heteroatoms. The number of aliphatic hydroxyl groups is 1. The summed E-state index contributed by atoms with van der Waals surface area (Å²) in [5, 5.41) is 11.7. The van der Waals surface area contributed by atoms with E-state index in [-0.39, 0.29) is 29.1 Å². The van der Waals surface area contributed by atoms with Crippen molar-refractivity contribution in [2.75, 3.05) is 30.3 Å². The largest absolute Gasteiger partial charge is 0.490 e. The van der Waals surface area contributed by atoms with Gasteiger partial charge >= 0.3 is 0 Å². The monoisotopic (exact) mass is 570 g/mol. The average molecular weight is 571 g/mol. The SMILES string of the molecule is O=C1NS(=O)(=O)CCC=CC[C@@H](O)[C@@H]2CC[C@H]2CN2C[C@@]3(CCCc4cc(Cl)ccc43)COc3ccc1cc32. The Morgan fingerprint density at radius 1 is 1.13 bits per heavy atom. The molecule has 0 aromatic heterocycles. The molecule has 1 fully saturated rings. The zero-order chi connectivity index (χ0) is 27.2. The molecule has 1 spiro atoms. The Bertz CT molecular complexity index is 1410. The zero-order valence-electron chi connectivity index (χ0n) is 21.9. The maximum Gasteiger partial charge on any atom is 0.264 e. The number of carbonyl (C=O) groups excluding carboxylic acids is 1. The number of nitrogens with one attached hydrogen (secondary N) is 1. The van der Waals surface area contributed by atoms with Crippen molar-refractivity contribution in [1.29, 1.82) is 0 Å². The van der Waals surface area contributed by atoms with E-state index in [1.165, 1.54) is 11.1 Å². The minimum atomic E-state index is -3.80. The van der Waals surface area contributed by atoms with E-state index in [0.717, 1.165) is 49.4 Å². The van der Waals surface area contributed by atoms with Crippen LogP contribution in [-0.4, -0.2) is 51.0 Å². The van der Waals surface area contributed by atoms with Gasteiger partial charge in [-0.2, -0.15) is 0 Å². The maximum atomic E-state index is 13.0. The van der Waals surface area contributed by atoms with Gasteiger partial charge in [0.2, 0.25) is 10.0 Å². The van der Waals surface area contributed by atoms with Crippen molar-refractivity contribution >= 4 is 33.2 Å². The normalized spacial score (nSPS) is 30.3. The van der Waals surface area contributed by atoms with E-state index in [2.05, 4.69) is 21.8 Å². The first-order valence-electron chi connectivity index (χ1n) is 13.9. The van der Waals surface area contributed by atoms with Crippen LogP contribution in [0, 0.1) is 11.8 Å². The van der Waals surface area contributed by atoms with Crippen molar-refractivity contribution in [2.45, 2.75) is 56.5 Å². The van der Waals surface area contributed by atoms with Gasteiger partial charge in [0.25, 0.3) is 5.91 Å². The summed E-state index contributed by atoms with van der Waals surface area (Å²) in [4.78, 5) is 15.4. The van der Waals surface area contributed by atoms with Crippen LogP contribution < -0.4 is 14.4 Å². The second-order valence-corrected chi connectivity index (χ2v) is 13.9. The van der Waals surface area contributed by atoms with E-state index < -0.39 is 22.0 Å². The standard InChI is InChI=1S/C30H35ClN2O5S/c31-23-9-11-25-20(15-23)5-4-13-30(25)18-33-17-22-7-10-24(22)27(34)6-2-1-3-14-39(36,37)32-29(35)21-8-12-28(38-19-30)26(33)16-21/h1-2,8-9,11-12,15-16,22,24,27,34H,3-7,10,13-14,17-19H2,(H,32,35)/t22-,24+,27+,30-/m0/s1. The molecule has 4 aliphatic rings. The van der Waals surface area contributed by atoms with Crippen LogP contribution in [0.4, 0.5) is 5.69 Å². The molecule has 2 heterocycles. The molecule has 1 saturated carbocycles. The van der Waals surface area contributed by atoms with E-state index in [9.17, 15) is 18.3 Å². The number of amides is 1. The van der Waals surface area contributed by atoms with E-state index in [4.69, 9.17) is 16.3 Å². The Kier molecular flexibility index (Phi) is 7.14. The second kappa shape index (κ2) is 10.5. The Balaban J connectivity index is 1.41. The van der Waals surface area contributed by atoms with Gasteiger partial charge in [-0.25, -0.2) is 13.1 Å². The molecule has 0 unspecified atom stereocenters. The highest BCUT2D eigenvalue weighted by atomic mass is 35.5. The average Bonchev–Trinajstić information content (AvgIpc) is 3.02. The van der Waals surface area contributed by atoms with Crippen molar-refractivity contribution < 1.29 is 23.1 Å². The van der Waals surface area contributed by atoms with Gasteiger partial charge < -0.3 is 14.7 Å². The van der Waals surface area contributed by atoms with Gasteiger partial charge in [-0.1, -0.05) is 29.8 Å². The molecule has 2 aromatic rings. The fourth-order valence-electron chi connectivity index (χ4n) is 6.87. The Morgan fingerprint density at radius 3 is 2.82 bits per heavy atom. The molecule has 2 aliphatic carbocycles. The lowest BCUT2D eigenvalue weighted by Crippen LogP contribution is -2.49. The Labute approximate surface area is 235 Å². The van der Waals surface area contributed by atoms with E-state index in [1.54, 1.807) is 24.3 Å². The van der Waals surface area contributed by atoms with Gasteiger partial charge in [-0.3, -0.25) is 4.79 Å². The molecular weight excluding hydrogens is 536 g/mol. The van der Waals surface area contributed by atoms with Crippen LogP contribution in [0.25, 0.3) is 0 Å². The van der Waals surface area contributed by atoms with Crippen LogP contribution in [0.15, 0.2) is 48.6 Å². The smallest absolute Gasteiger partial charge is 0.264 e. The Hall–Kier alpha value is -2.55. The van der Waals surface area contributed by atoms with Crippen LogP contribution >= 0.6 is 11.6 Å². The third-order valence-corrected chi connectivity index (χ3v) is 10.6. The highest BCUT2D eigenvalue weighted by molar-refractivity contribution is 7.90. The summed E-state index contributed by atoms with van der Waals surface area (Å²) in [6.45, 7) is 1.94. The van der Waals surface area contributed by atoms with Gasteiger partial charge in [0.15, 0.2) is 0 Å². The lowest BCUT2D eigenvalue weighted by Gasteiger charge is -2.45. The van der Waals surface area contributed by atoms with Crippen molar-refractivity contribution in [3.63, 3.8) is 0 Å². The van der Waals surface area contributed by atoms with Gasteiger partial charge in [0.1, 0.15) is 5.75 Å². The minimum Gasteiger partial charge on any atom is -0.490 e. The number of sulfonamides is 1. The molecule has 0 saturated heterocycles. The first kappa shape index (κ1) is 26.7. The predicted octanol–water partition coefficient (Wildman–Crippen LogP) is 4.61. The number of carbonyl (C=O) groups is 1. The van der Waals surface area contributed by atoms with Gasteiger partial charge in [-0.05, 0) is 98.2 Å². The lowest BCUT2D eigenvalue weighted by molar-refractivity contribution is 0.0177. The molecule has 7 nitrogen and oxygen atoms in total. The number of rotatable bonds is 0. The third kappa shape index (κ3) is 5.31. The lowest BCUT2D eigenvalue weighted by atomic mass is 9.68. The first-order valence-corrected chi connectivity index (χ1v) is 15.9.